The topological polar surface area (TPSA) is 66.0 Å². The predicted octanol–water partition coefficient (Wildman–Crippen LogP) is 4.68. The van der Waals surface area contributed by atoms with Crippen LogP contribution >= 0.6 is 0 Å². The van der Waals surface area contributed by atoms with Crippen LogP contribution in [-0.4, -0.2) is 5.78 Å². The summed E-state index contributed by atoms with van der Waals surface area (Å²) in [7, 11) is 0. The van der Waals surface area contributed by atoms with Crippen molar-refractivity contribution in [3.05, 3.63) is 65.4 Å². The molecule has 23 heavy (non-hydrogen) atoms. The SMILES string of the molecule is CC(=O)c1ccc(C#N)c(NC(C)c2cc3ccccc3o2)c1. The van der Waals surface area contributed by atoms with Gasteiger partial charge in [0.1, 0.15) is 17.4 Å². The number of furan rings is 1. The maximum Gasteiger partial charge on any atom is 0.159 e. The number of hydrogen-bond acceptors (Lipinski definition) is 4. The van der Waals surface area contributed by atoms with E-state index in [1.807, 2.05) is 37.3 Å². The maximum absolute atomic E-state index is 11.5. The monoisotopic (exact) mass is 304 g/mol. The Morgan fingerprint density at radius 2 is 2.00 bits per heavy atom. The van der Waals surface area contributed by atoms with Crippen molar-refractivity contribution in [1.82, 2.24) is 0 Å². The van der Waals surface area contributed by atoms with E-state index in [0.29, 0.717) is 16.8 Å². The highest BCUT2D eigenvalue weighted by atomic mass is 16.3. The molecular weight excluding hydrogens is 288 g/mol. The number of ketones is 1. The van der Waals surface area contributed by atoms with Crippen LogP contribution in [0, 0.1) is 11.3 Å². The number of benzene rings is 2. The number of Topliss-reactive ketones (excluding diaryl/α,β-unsaturated/α-hetero) is 1. The Morgan fingerprint density at radius 1 is 1.22 bits per heavy atom. The number of nitriles is 1. The maximum atomic E-state index is 11.5. The predicted molar refractivity (Wildman–Crippen MR) is 89.4 cm³/mol. The first-order valence-corrected chi connectivity index (χ1v) is 7.38. The normalized spacial score (nSPS) is 11.9. The molecule has 114 valence electrons. The molecule has 0 saturated heterocycles. The lowest BCUT2D eigenvalue weighted by Gasteiger charge is -2.14. The third-order valence-electron chi connectivity index (χ3n) is 3.79. The second kappa shape index (κ2) is 5.98. The van der Waals surface area contributed by atoms with E-state index in [0.717, 1.165) is 16.7 Å². The van der Waals surface area contributed by atoms with Crippen LogP contribution in [0.25, 0.3) is 11.0 Å². The largest absolute Gasteiger partial charge is 0.459 e. The molecule has 2 aromatic carbocycles. The molecule has 0 spiro atoms. The molecule has 0 bridgehead atoms. The number of carbonyl (C=O) groups is 1. The average Bonchev–Trinajstić information content (AvgIpc) is 2.99. The fourth-order valence-corrected chi connectivity index (χ4v) is 2.50. The summed E-state index contributed by atoms with van der Waals surface area (Å²) in [4.78, 5) is 11.5. The van der Waals surface area contributed by atoms with Gasteiger partial charge in [-0.05, 0) is 44.2 Å². The van der Waals surface area contributed by atoms with Crippen molar-refractivity contribution in [3.8, 4) is 6.07 Å². The van der Waals surface area contributed by atoms with Gasteiger partial charge in [0.15, 0.2) is 5.78 Å². The number of rotatable bonds is 4. The molecule has 4 heteroatoms. The molecule has 4 nitrogen and oxygen atoms in total. The summed E-state index contributed by atoms with van der Waals surface area (Å²) in [6.45, 7) is 3.47. The van der Waals surface area contributed by atoms with Crippen molar-refractivity contribution >= 4 is 22.4 Å². The molecule has 0 aliphatic heterocycles. The molecule has 0 radical (unpaired) electrons. The van der Waals surface area contributed by atoms with Crippen LogP contribution in [0.3, 0.4) is 0 Å². The van der Waals surface area contributed by atoms with Crippen molar-refractivity contribution in [1.29, 1.82) is 5.26 Å². The van der Waals surface area contributed by atoms with Gasteiger partial charge in [-0.15, -0.1) is 0 Å². The quantitative estimate of drug-likeness (QED) is 0.711. The number of fused-ring (bicyclic) bond motifs is 1. The lowest BCUT2D eigenvalue weighted by atomic mass is 10.1. The fourth-order valence-electron chi connectivity index (χ4n) is 2.50. The van der Waals surface area contributed by atoms with Crippen molar-refractivity contribution in [2.24, 2.45) is 0 Å². The Hall–Kier alpha value is -3.06. The lowest BCUT2D eigenvalue weighted by molar-refractivity contribution is 0.101. The van der Waals surface area contributed by atoms with Gasteiger partial charge in [-0.1, -0.05) is 18.2 Å². The Balaban J connectivity index is 1.92. The zero-order valence-electron chi connectivity index (χ0n) is 13.0. The summed E-state index contributed by atoms with van der Waals surface area (Å²) in [5, 5.41) is 13.5. The summed E-state index contributed by atoms with van der Waals surface area (Å²) < 4.78 is 5.84. The number of nitrogens with zero attached hydrogens (tertiary/aromatic N) is 1. The smallest absolute Gasteiger partial charge is 0.159 e. The minimum Gasteiger partial charge on any atom is -0.459 e. The van der Waals surface area contributed by atoms with Crippen molar-refractivity contribution in [2.75, 3.05) is 5.32 Å². The number of anilines is 1. The van der Waals surface area contributed by atoms with Gasteiger partial charge in [0.2, 0.25) is 0 Å². The van der Waals surface area contributed by atoms with Crippen LogP contribution in [0.2, 0.25) is 0 Å². The molecule has 0 saturated carbocycles. The molecule has 0 aliphatic carbocycles. The number of nitrogens with one attached hydrogen (secondary N) is 1. The molecule has 3 aromatic rings. The molecule has 3 rings (SSSR count). The Bertz CT molecular complexity index is 886. The second-order valence-electron chi connectivity index (χ2n) is 5.48. The standard InChI is InChI=1S/C19H16N2O2/c1-12(19-10-15-5-3-4-6-18(15)23-19)21-17-9-14(13(2)22)7-8-16(17)11-20/h3-10,12,21H,1-2H3. The minimum absolute atomic E-state index is 0.0334. The van der Waals surface area contributed by atoms with E-state index in [4.69, 9.17) is 4.42 Å². The highest BCUT2D eigenvalue weighted by Gasteiger charge is 2.14. The molecule has 1 heterocycles. The summed E-state index contributed by atoms with van der Waals surface area (Å²) in [6, 6.07) is 16.8. The van der Waals surface area contributed by atoms with E-state index in [9.17, 15) is 10.1 Å². The zero-order chi connectivity index (χ0) is 16.4. The van der Waals surface area contributed by atoms with Gasteiger partial charge in [-0.25, -0.2) is 0 Å². The van der Waals surface area contributed by atoms with Crippen LogP contribution in [0.1, 0.15) is 41.6 Å². The average molecular weight is 304 g/mol. The van der Waals surface area contributed by atoms with Crippen molar-refractivity contribution < 1.29 is 9.21 Å². The molecule has 1 N–H and O–H groups in total. The summed E-state index contributed by atoms with van der Waals surface area (Å²) in [6.07, 6.45) is 0. The summed E-state index contributed by atoms with van der Waals surface area (Å²) in [5.41, 5.74) is 2.53. The minimum atomic E-state index is -0.128. The van der Waals surface area contributed by atoms with E-state index < -0.39 is 0 Å². The number of hydrogen-bond donors (Lipinski definition) is 1. The van der Waals surface area contributed by atoms with E-state index in [1.54, 1.807) is 18.2 Å². The third-order valence-corrected chi connectivity index (χ3v) is 3.79. The highest BCUT2D eigenvalue weighted by Crippen LogP contribution is 2.28. The lowest BCUT2D eigenvalue weighted by Crippen LogP contribution is -2.08. The van der Waals surface area contributed by atoms with Crippen LogP contribution < -0.4 is 5.32 Å². The van der Waals surface area contributed by atoms with E-state index >= 15 is 0 Å². The second-order valence-corrected chi connectivity index (χ2v) is 5.48. The van der Waals surface area contributed by atoms with E-state index in [2.05, 4.69) is 11.4 Å². The summed E-state index contributed by atoms with van der Waals surface area (Å²) >= 11 is 0. The van der Waals surface area contributed by atoms with Gasteiger partial charge < -0.3 is 9.73 Å². The van der Waals surface area contributed by atoms with Gasteiger partial charge in [-0.2, -0.15) is 5.26 Å². The molecule has 1 aromatic heterocycles. The Labute approximate surface area is 134 Å². The van der Waals surface area contributed by atoms with Crippen molar-refractivity contribution in [3.63, 3.8) is 0 Å². The van der Waals surface area contributed by atoms with Crippen LogP contribution in [0.4, 0.5) is 5.69 Å². The number of carbonyl (C=O) groups excluding carboxylic acids is 1. The highest BCUT2D eigenvalue weighted by molar-refractivity contribution is 5.95. The zero-order valence-corrected chi connectivity index (χ0v) is 13.0. The summed E-state index contributed by atoms with van der Waals surface area (Å²) in [5.74, 6) is 0.747. The molecule has 0 aliphatic rings. The number of para-hydroxylation sites is 1. The first kappa shape index (κ1) is 14.9. The van der Waals surface area contributed by atoms with E-state index in [1.165, 1.54) is 6.92 Å². The third kappa shape index (κ3) is 2.95. The van der Waals surface area contributed by atoms with E-state index in [-0.39, 0.29) is 11.8 Å². The van der Waals surface area contributed by atoms with Crippen LogP contribution in [0.5, 0.6) is 0 Å². The first-order chi connectivity index (χ1) is 11.1. The molecule has 0 amide bonds. The van der Waals surface area contributed by atoms with Crippen LogP contribution in [0.15, 0.2) is 52.9 Å². The molecule has 1 atom stereocenters. The van der Waals surface area contributed by atoms with Crippen molar-refractivity contribution in [2.45, 2.75) is 19.9 Å². The Kier molecular flexibility index (Phi) is 3.86. The van der Waals surface area contributed by atoms with Gasteiger partial charge in [0, 0.05) is 10.9 Å². The molecule has 1 unspecified atom stereocenters. The molecule has 0 fully saturated rings. The van der Waals surface area contributed by atoms with Gasteiger partial charge in [0.05, 0.1) is 17.3 Å². The van der Waals surface area contributed by atoms with Gasteiger partial charge in [-0.3, -0.25) is 4.79 Å². The van der Waals surface area contributed by atoms with Gasteiger partial charge in [0.25, 0.3) is 0 Å². The molecular formula is C19H16N2O2. The van der Waals surface area contributed by atoms with Gasteiger partial charge >= 0.3 is 0 Å². The van der Waals surface area contributed by atoms with Crippen LogP contribution in [-0.2, 0) is 0 Å². The first-order valence-electron chi connectivity index (χ1n) is 7.38. The fraction of sp³-hybridized carbons (Fsp3) is 0.158. The Morgan fingerprint density at radius 3 is 2.70 bits per heavy atom.